The number of hydrogen-bond donors (Lipinski definition) is 1. The molecule has 0 aromatic heterocycles. The predicted octanol–water partition coefficient (Wildman–Crippen LogP) is 0.594. The summed E-state index contributed by atoms with van der Waals surface area (Å²) >= 11 is 0. The maximum absolute atomic E-state index is 3.25. The number of hydrogen-bond acceptors (Lipinski definition) is 0. The van der Waals surface area contributed by atoms with Gasteiger partial charge in [-0.1, -0.05) is 27.7 Å². The van der Waals surface area contributed by atoms with Crippen LogP contribution in [0.5, 0.6) is 0 Å². The highest BCUT2D eigenvalue weighted by Crippen LogP contribution is 2.04. The van der Waals surface area contributed by atoms with E-state index < -0.39 is 0 Å². The average Bonchev–Trinajstić information content (AvgIpc) is 1.63. The molecule has 0 amide bonds. The Morgan fingerprint density at radius 2 is 1.89 bits per heavy atom. The maximum atomic E-state index is 3.25. The maximum Gasteiger partial charge on any atom is 0.143 e. The van der Waals surface area contributed by atoms with Crippen molar-refractivity contribution in [1.29, 1.82) is 0 Å². The van der Waals surface area contributed by atoms with Crippen molar-refractivity contribution in [3.05, 3.63) is 0 Å². The Balaban J connectivity index is 3.45. The van der Waals surface area contributed by atoms with E-state index in [2.05, 4.69) is 38.9 Å². The molecular weight excluding hydrogens is 110 g/mol. The van der Waals surface area contributed by atoms with Gasteiger partial charge in [0, 0.05) is 11.8 Å². The standard InChI is InChI=1S/C8H17N/c1-5-6-9-7-8(2,3)4/h7H,5-6H2,1-4H3/p+1. The summed E-state index contributed by atoms with van der Waals surface area (Å²) in [5, 5.41) is 0. The summed E-state index contributed by atoms with van der Waals surface area (Å²) in [4.78, 5) is 3.25. The molecule has 0 rings (SSSR count). The van der Waals surface area contributed by atoms with E-state index in [1.54, 1.807) is 0 Å². The van der Waals surface area contributed by atoms with E-state index in [0.717, 1.165) is 6.54 Å². The van der Waals surface area contributed by atoms with E-state index in [4.69, 9.17) is 0 Å². The van der Waals surface area contributed by atoms with Gasteiger partial charge < -0.3 is 0 Å². The van der Waals surface area contributed by atoms with Crippen molar-refractivity contribution in [3.63, 3.8) is 0 Å². The van der Waals surface area contributed by atoms with Gasteiger partial charge in [-0.3, -0.25) is 4.99 Å². The fraction of sp³-hybridized carbons (Fsp3) is 0.875. The molecule has 0 aliphatic carbocycles. The van der Waals surface area contributed by atoms with Gasteiger partial charge in [0.1, 0.15) is 12.8 Å². The average molecular weight is 128 g/mol. The van der Waals surface area contributed by atoms with Crippen LogP contribution < -0.4 is 4.99 Å². The van der Waals surface area contributed by atoms with Crippen molar-refractivity contribution >= 4 is 6.21 Å². The van der Waals surface area contributed by atoms with Gasteiger partial charge in [0.2, 0.25) is 0 Å². The first kappa shape index (κ1) is 8.67. The van der Waals surface area contributed by atoms with Gasteiger partial charge in [-0.15, -0.1) is 0 Å². The lowest BCUT2D eigenvalue weighted by Gasteiger charge is -2.04. The van der Waals surface area contributed by atoms with Crippen LogP contribution in [0.4, 0.5) is 0 Å². The zero-order chi connectivity index (χ0) is 7.33. The van der Waals surface area contributed by atoms with Crippen LogP contribution in [0.25, 0.3) is 0 Å². The molecule has 0 bridgehead atoms. The number of rotatable bonds is 2. The first-order valence-electron chi connectivity index (χ1n) is 3.64. The normalized spacial score (nSPS) is 12.9. The van der Waals surface area contributed by atoms with E-state index in [-0.39, 0.29) is 0 Å². The molecule has 0 saturated carbocycles. The molecule has 0 aromatic rings. The fourth-order valence-corrected chi connectivity index (χ4v) is 0.523. The third-order valence-corrected chi connectivity index (χ3v) is 0.929. The van der Waals surface area contributed by atoms with E-state index in [1.165, 1.54) is 6.42 Å². The number of nitrogens with one attached hydrogen (secondary N) is 1. The molecule has 0 aromatic carbocycles. The lowest BCUT2D eigenvalue weighted by Crippen LogP contribution is -2.70. The molecular formula is C8H18N+. The first-order valence-corrected chi connectivity index (χ1v) is 3.64. The van der Waals surface area contributed by atoms with Gasteiger partial charge in [0.15, 0.2) is 0 Å². The Bertz CT molecular complexity index is 87.2. The van der Waals surface area contributed by atoms with E-state index in [9.17, 15) is 0 Å². The van der Waals surface area contributed by atoms with Gasteiger partial charge in [-0.05, 0) is 0 Å². The van der Waals surface area contributed by atoms with Gasteiger partial charge >= 0.3 is 0 Å². The molecule has 0 fully saturated rings. The minimum atomic E-state index is 0.315. The molecule has 0 atom stereocenters. The van der Waals surface area contributed by atoms with Crippen LogP contribution >= 0.6 is 0 Å². The Hall–Kier alpha value is -0.330. The van der Waals surface area contributed by atoms with Crippen LogP contribution in [0, 0.1) is 5.41 Å². The predicted molar refractivity (Wildman–Crippen MR) is 41.6 cm³/mol. The van der Waals surface area contributed by atoms with Crippen LogP contribution in [-0.4, -0.2) is 12.8 Å². The van der Waals surface area contributed by atoms with Gasteiger partial charge in [0.05, 0.1) is 0 Å². The van der Waals surface area contributed by atoms with Crippen LogP contribution in [0.2, 0.25) is 0 Å². The molecule has 0 aliphatic rings. The van der Waals surface area contributed by atoms with E-state index in [1.807, 2.05) is 0 Å². The molecule has 1 heteroatoms. The van der Waals surface area contributed by atoms with Crippen molar-refractivity contribution in [2.75, 3.05) is 6.54 Å². The molecule has 0 spiro atoms. The smallest absolute Gasteiger partial charge is 0.143 e. The summed E-state index contributed by atoms with van der Waals surface area (Å²) in [6.45, 7) is 9.84. The lowest BCUT2D eigenvalue weighted by atomic mass is 9.99. The summed E-state index contributed by atoms with van der Waals surface area (Å²) in [7, 11) is 0. The van der Waals surface area contributed by atoms with Gasteiger partial charge in [-0.2, -0.15) is 0 Å². The molecule has 0 unspecified atom stereocenters. The fourth-order valence-electron chi connectivity index (χ4n) is 0.523. The van der Waals surface area contributed by atoms with Crippen molar-refractivity contribution in [3.8, 4) is 0 Å². The minimum absolute atomic E-state index is 0.315. The highest BCUT2D eigenvalue weighted by atomic mass is 14.7. The first-order chi connectivity index (χ1) is 4.06. The summed E-state index contributed by atoms with van der Waals surface area (Å²) < 4.78 is 0. The lowest BCUT2D eigenvalue weighted by molar-refractivity contribution is -0.455. The van der Waals surface area contributed by atoms with E-state index >= 15 is 0 Å². The Morgan fingerprint density at radius 3 is 2.22 bits per heavy atom. The largest absolute Gasteiger partial charge is 0.251 e. The quantitative estimate of drug-likeness (QED) is 0.523. The van der Waals surface area contributed by atoms with Gasteiger partial charge in [0.25, 0.3) is 0 Å². The summed E-state index contributed by atoms with van der Waals surface area (Å²) in [6, 6.07) is 0. The topological polar surface area (TPSA) is 14.0 Å². The second kappa shape index (κ2) is 3.65. The highest BCUT2D eigenvalue weighted by Gasteiger charge is 2.08. The second-order valence-corrected chi connectivity index (χ2v) is 3.46. The molecule has 0 heterocycles. The molecule has 1 N–H and O–H groups in total. The Morgan fingerprint density at radius 1 is 1.33 bits per heavy atom. The Kier molecular flexibility index (Phi) is 3.52. The van der Waals surface area contributed by atoms with Gasteiger partial charge in [-0.25, -0.2) is 0 Å². The van der Waals surface area contributed by atoms with Crippen molar-refractivity contribution < 1.29 is 4.99 Å². The van der Waals surface area contributed by atoms with Crippen LogP contribution in [0.1, 0.15) is 34.1 Å². The molecule has 9 heavy (non-hydrogen) atoms. The zero-order valence-electron chi connectivity index (χ0n) is 6.99. The highest BCUT2D eigenvalue weighted by molar-refractivity contribution is 5.57. The van der Waals surface area contributed by atoms with Crippen LogP contribution in [-0.2, 0) is 0 Å². The second-order valence-electron chi connectivity index (χ2n) is 3.46. The SMILES string of the molecule is CCC[NH+]=CC(C)(C)C. The Labute approximate surface area is 58.2 Å². The molecule has 0 aliphatic heterocycles. The summed E-state index contributed by atoms with van der Waals surface area (Å²) in [5.41, 5.74) is 0.315. The third-order valence-electron chi connectivity index (χ3n) is 0.929. The van der Waals surface area contributed by atoms with Crippen molar-refractivity contribution in [2.24, 2.45) is 5.41 Å². The monoisotopic (exact) mass is 128 g/mol. The zero-order valence-corrected chi connectivity index (χ0v) is 6.99. The molecule has 0 saturated heterocycles. The van der Waals surface area contributed by atoms with Crippen LogP contribution in [0.15, 0.2) is 0 Å². The molecule has 0 radical (unpaired) electrons. The molecule has 1 nitrogen and oxygen atoms in total. The summed E-state index contributed by atoms with van der Waals surface area (Å²) in [6.07, 6.45) is 3.35. The van der Waals surface area contributed by atoms with Crippen LogP contribution in [0.3, 0.4) is 0 Å². The molecule has 54 valence electrons. The van der Waals surface area contributed by atoms with Crippen molar-refractivity contribution in [1.82, 2.24) is 0 Å². The minimum Gasteiger partial charge on any atom is -0.251 e. The summed E-state index contributed by atoms with van der Waals surface area (Å²) in [5.74, 6) is 0. The van der Waals surface area contributed by atoms with E-state index in [0.29, 0.717) is 5.41 Å². The third kappa shape index (κ3) is 7.67. The van der Waals surface area contributed by atoms with Crippen molar-refractivity contribution in [2.45, 2.75) is 34.1 Å².